The minimum absolute atomic E-state index is 0.0630. The van der Waals surface area contributed by atoms with Crippen molar-refractivity contribution in [3.05, 3.63) is 17.7 Å². The highest BCUT2D eigenvalue weighted by atomic mass is 32.1. The van der Waals surface area contributed by atoms with Crippen LogP contribution in [0.4, 0.5) is 10.8 Å². The Morgan fingerprint density at radius 2 is 2.28 bits per heavy atom. The van der Waals surface area contributed by atoms with E-state index in [1.54, 1.807) is 0 Å². The van der Waals surface area contributed by atoms with Crippen LogP contribution in [0.25, 0.3) is 10.2 Å². The van der Waals surface area contributed by atoms with Gasteiger partial charge in [0.2, 0.25) is 5.91 Å². The lowest BCUT2D eigenvalue weighted by atomic mass is 10.2. The highest BCUT2D eigenvalue weighted by Crippen LogP contribution is 2.29. The molecule has 0 radical (unpaired) electrons. The largest absolute Gasteiger partial charge is 0.375 e. The Morgan fingerprint density at radius 1 is 1.50 bits per heavy atom. The zero-order valence-electron chi connectivity index (χ0n) is 10.6. The number of benzene rings is 1. The molecule has 3 N–H and O–H groups in total. The molecule has 18 heavy (non-hydrogen) atoms. The molecule has 0 unspecified atom stereocenters. The molecule has 0 spiro atoms. The number of nitrogens with one attached hydrogen (secondary N) is 1. The number of nitrogens with zero attached hydrogens (tertiary/aromatic N) is 1. The number of carbonyl (C=O) groups excluding carboxylic acids is 1. The first-order chi connectivity index (χ1) is 8.60. The molecule has 0 atom stereocenters. The summed E-state index contributed by atoms with van der Waals surface area (Å²) in [6, 6.07) is 3.87. The van der Waals surface area contributed by atoms with Gasteiger partial charge < -0.3 is 11.1 Å². The highest BCUT2D eigenvalue weighted by Gasteiger charge is 2.08. The average Bonchev–Trinajstić information content (AvgIpc) is 2.67. The summed E-state index contributed by atoms with van der Waals surface area (Å²) in [7, 11) is 0. The maximum absolute atomic E-state index is 11.7. The van der Waals surface area contributed by atoms with Crippen LogP contribution in [-0.2, 0) is 4.79 Å². The standard InChI is InChI=1S/C13H17N3OS/c1-3-4-5-11(17)15-9-6-8(2)12-10(7-9)18-13(14)16-12/h6-7H,3-5H2,1-2H3,(H2,14,16)(H,15,17). The molecule has 2 aromatic rings. The zero-order valence-corrected chi connectivity index (χ0v) is 11.4. The van der Waals surface area contributed by atoms with Crippen molar-refractivity contribution in [3.8, 4) is 0 Å². The lowest BCUT2D eigenvalue weighted by Crippen LogP contribution is -2.10. The number of unbranched alkanes of at least 4 members (excludes halogenated alkanes) is 1. The average molecular weight is 263 g/mol. The van der Waals surface area contributed by atoms with Crippen molar-refractivity contribution in [2.24, 2.45) is 0 Å². The van der Waals surface area contributed by atoms with Crippen LogP contribution in [0.1, 0.15) is 31.7 Å². The Labute approximate surface area is 110 Å². The Morgan fingerprint density at radius 3 is 3.00 bits per heavy atom. The van der Waals surface area contributed by atoms with Gasteiger partial charge in [0.1, 0.15) is 0 Å². The topological polar surface area (TPSA) is 68.0 Å². The predicted octanol–water partition coefficient (Wildman–Crippen LogP) is 3.32. The van der Waals surface area contributed by atoms with Gasteiger partial charge in [-0.15, -0.1) is 0 Å². The van der Waals surface area contributed by atoms with E-state index in [2.05, 4.69) is 17.2 Å². The van der Waals surface area contributed by atoms with Gasteiger partial charge in [-0.05, 0) is 31.0 Å². The first-order valence-electron chi connectivity index (χ1n) is 6.06. The number of hydrogen-bond acceptors (Lipinski definition) is 4. The molecule has 0 saturated heterocycles. The Kier molecular flexibility index (Phi) is 3.81. The molecule has 4 nitrogen and oxygen atoms in total. The number of anilines is 2. The van der Waals surface area contributed by atoms with Crippen molar-refractivity contribution in [1.82, 2.24) is 4.98 Å². The van der Waals surface area contributed by atoms with E-state index in [1.807, 2.05) is 19.1 Å². The minimum atomic E-state index is 0.0630. The summed E-state index contributed by atoms with van der Waals surface area (Å²) in [5.74, 6) is 0.0630. The molecule has 96 valence electrons. The van der Waals surface area contributed by atoms with Crippen LogP contribution < -0.4 is 11.1 Å². The zero-order chi connectivity index (χ0) is 13.1. The number of aryl methyl sites for hydroxylation is 1. The summed E-state index contributed by atoms with van der Waals surface area (Å²) in [5.41, 5.74) is 8.47. The van der Waals surface area contributed by atoms with Crippen molar-refractivity contribution in [3.63, 3.8) is 0 Å². The second-order valence-electron chi connectivity index (χ2n) is 4.34. The van der Waals surface area contributed by atoms with Gasteiger partial charge in [0, 0.05) is 12.1 Å². The van der Waals surface area contributed by atoms with Crippen molar-refractivity contribution in [2.45, 2.75) is 33.1 Å². The quantitative estimate of drug-likeness (QED) is 0.889. The molecule has 1 amide bonds. The van der Waals surface area contributed by atoms with Crippen LogP contribution in [0.5, 0.6) is 0 Å². The number of amides is 1. The second kappa shape index (κ2) is 5.35. The van der Waals surface area contributed by atoms with Crippen LogP contribution in [-0.4, -0.2) is 10.9 Å². The third-order valence-electron chi connectivity index (χ3n) is 2.74. The van der Waals surface area contributed by atoms with Gasteiger partial charge in [0.25, 0.3) is 0 Å². The number of nitrogens with two attached hydrogens (primary N) is 1. The maximum atomic E-state index is 11.7. The molecular weight excluding hydrogens is 246 g/mol. The van der Waals surface area contributed by atoms with Crippen LogP contribution in [0.2, 0.25) is 0 Å². The number of nitrogen functional groups attached to an aromatic ring is 1. The fourth-order valence-electron chi connectivity index (χ4n) is 1.85. The first-order valence-corrected chi connectivity index (χ1v) is 6.88. The summed E-state index contributed by atoms with van der Waals surface area (Å²) < 4.78 is 1.01. The summed E-state index contributed by atoms with van der Waals surface area (Å²) in [5, 5.41) is 3.48. The van der Waals surface area contributed by atoms with Gasteiger partial charge in [0.05, 0.1) is 10.2 Å². The van der Waals surface area contributed by atoms with Gasteiger partial charge in [0.15, 0.2) is 5.13 Å². The summed E-state index contributed by atoms with van der Waals surface area (Å²) >= 11 is 1.44. The first kappa shape index (κ1) is 12.8. The number of hydrogen-bond donors (Lipinski definition) is 2. The molecule has 0 fully saturated rings. The minimum Gasteiger partial charge on any atom is -0.375 e. The normalized spacial score (nSPS) is 10.8. The Bertz CT molecular complexity index is 577. The number of thiazole rings is 1. The molecule has 1 aromatic heterocycles. The van der Waals surface area contributed by atoms with Crippen molar-refractivity contribution in [2.75, 3.05) is 11.1 Å². The number of carbonyl (C=O) groups is 1. The van der Waals surface area contributed by atoms with E-state index in [0.29, 0.717) is 11.6 Å². The molecule has 0 saturated carbocycles. The van der Waals surface area contributed by atoms with E-state index < -0.39 is 0 Å². The summed E-state index contributed by atoms with van der Waals surface area (Å²) in [4.78, 5) is 15.9. The van der Waals surface area contributed by atoms with E-state index in [1.165, 1.54) is 11.3 Å². The molecule has 0 aliphatic carbocycles. The molecule has 0 aliphatic heterocycles. The molecular formula is C13H17N3OS. The van der Waals surface area contributed by atoms with Gasteiger partial charge in [-0.25, -0.2) is 4.98 Å². The molecule has 1 aromatic carbocycles. The molecule has 1 heterocycles. The summed E-state index contributed by atoms with van der Waals surface area (Å²) in [6.45, 7) is 4.05. The van der Waals surface area contributed by atoms with Crippen molar-refractivity contribution >= 4 is 38.3 Å². The Balaban J connectivity index is 2.21. The molecule has 2 rings (SSSR count). The van der Waals surface area contributed by atoms with Crippen molar-refractivity contribution < 1.29 is 4.79 Å². The lowest BCUT2D eigenvalue weighted by molar-refractivity contribution is -0.116. The predicted molar refractivity (Wildman–Crippen MR) is 76.9 cm³/mol. The molecule has 0 bridgehead atoms. The van der Waals surface area contributed by atoms with E-state index in [-0.39, 0.29) is 5.91 Å². The van der Waals surface area contributed by atoms with Gasteiger partial charge in [-0.2, -0.15) is 0 Å². The summed E-state index contributed by atoms with van der Waals surface area (Å²) in [6.07, 6.45) is 2.51. The van der Waals surface area contributed by atoms with Crippen LogP contribution in [0.15, 0.2) is 12.1 Å². The lowest BCUT2D eigenvalue weighted by Gasteiger charge is -2.06. The van der Waals surface area contributed by atoms with E-state index >= 15 is 0 Å². The SMILES string of the molecule is CCCCC(=O)Nc1cc(C)c2nc(N)sc2c1. The number of rotatable bonds is 4. The number of fused-ring (bicyclic) bond motifs is 1. The van der Waals surface area contributed by atoms with Crippen molar-refractivity contribution in [1.29, 1.82) is 0 Å². The molecule has 5 heteroatoms. The second-order valence-corrected chi connectivity index (χ2v) is 5.41. The third-order valence-corrected chi connectivity index (χ3v) is 3.57. The van der Waals surface area contributed by atoms with Gasteiger partial charge >= 0.3 is 0 Å². The van der Waals surface area contributed by atoms with Gasteiger partial charge in [-0.1, -0.05) is 24.7 Å². The third kappa shape index (κ3) is 2.79. The fourth-order valence-corrected chi connectivity index (χ4v) is 2.70. The Hall–Kier alpha value is -1.62. The van der Waals surface area contributed by atoms with Crippen LogP contribution in [0, 0.1) is 6.92 Å². The number of aromatic nitrogens is 1. The fraction of sp³-hybridized carbons (Fsp3) is 0.385. The van der Waals surface area contributed by atoms with Crippen LogP contribution >= 0.6 is 11.3 Å². The monoisotopic (exact) mass is 263 g/mol. The van der Waals surface area contributed by atoms with E-state index in [9.17, 15) is 4.79 Å². The molecule has 0 aliphatic rings. The van der Waals surface area contributed by atoms with Crippen LogP contribution in [0.3, 0.4) is 0 Å². The highest BCUT2D eigenvalue weighted by molar-refractivity contribution is 7.22. The van der Waals surface area contributed by atoms with E-state index in [4.69, 9.17) is 5.73 Å². The van der Waals surface area contributed by atoms with Gasteiger partial charge in [-0.3, -0.25) is 4.79 Å². The maximum Gasteiger partial charge on any atom is 0.224 e. The van der Waals surface area contributed by atoms with E-state index in [0.717, 1.165) is 34.3 Å². The smallest absolute Gasteiger partial charge is 0.224 e.